The minimum Gasteiger partial charge on any atom is -0.117 e. The van der Waals surface area contributed by atoms with Gasteiger partial charge < -0.3 is 0 Å². The van der Waals surface area contributed by atoms with Gasteiger partial charge in [-0.2, -0.15) is 0 Å². The van der Waals surface area contributed by atoms with Crippen LogP contribution >= 0.6 is 11.6 Å². The monoisotopic (exact) mass is 272 g/mol. The van der Waals surface area contributed by atoms with Crippen molar-refractivity contribution in [2.24, 2.45) is 0 Å². The number of aryl methyl sites for hydroxylation is 2. The maximum absolute atomic E-state index is 6.65. The number of rotatable bonds is 5. The summed E-state index contributed by atoms with van der Waals surface area (Å²) in [7, 11) is 0. The minimum absolute atomic E-state index is 0.0591. The van der Waals surface area contributed by atoms with Gasteiger partial charge in [-0.15, -0.1) is 11.6 Å². The lowest BCUT2D eigenvalue weighted by Crippen LogP contribution is -2.01. The van der Waals surface area contributed by atoms with E-state index in [2.05, 4.69) is 56.3 Å². The van der Waals surface area contributed by atoms with Crippen molar-refractivity contribution in [2.45, 2.75) is 38.5 Å². The topological polar surface area (TPSA) is 0 Å². The van der Waals surface area contributed by atoms with Gasteiger partial charge >= 0.3 is 0 Å². The highest BCUT2D eigenvalue weighted by molar-refractivity contribution is 6.21. The zero-order valence-corrected chi connectivity index (χ0v) is 12.5. The van der Waals surface area contributed by atoms with Crippen molar-refractivity contribution in [3.05, 3.63) is 70.8 Å². The van der Waals surface area contributed by atoms with Crippen LogP contribution in [0.25, 0.3) is 0 Å². The van der Waals surface area contributed by atoms with Crippen molar-refractivity contribution in [3.63, 3.8) is 0 Å². The molecule has 0 spiro atoms. The molecule has 0 aliphatic heterocycles. The SMILES string of the molecule is CCc1ccc(CC)c(C(Cl)Cc2ccccc2)c1. The normalized spacial score (nSPS) is 12.4. The fourth-order valence-corrected chi connectivity index (χ4v) is 2.79. The molecule has 100 valence electrons. The summed E-state index contributed by atoms with van der Waals surface area (Å²) in [6.45, 7) is 4.38. The Kier molecular flexibility index (Phi) is 5.04. The lowest BCUT2D eigenvalue weighted by Gasteiger charge is -2.15. The molecule has 0 N–H and O–H groups in total. The molecule has 1 heteroatoms. The van der Waals surface area contributed by atoms with Gasteiger partial charge in [0.05, 0.1) is 5.38 Å². The third-order valence-corrected chi connectivity index (χ3v) is 3.98. The molecule has 0 saturated carbocycles. The molecule has 1 unspecified atom stereocenters. The maximum atomic E-state index is 6.65. The molecule has 2 rings (SSSR count). The summed E-state index contributed by atoms with van der Waals surface area (Å²) in [6, 6.07) is 17.2. The maximum Gasteiger partial charge on any atom is 0.0628 e. The Morgan fingerprint density at radius 1 is 0.895 bits per heavy atom. The number of hydrogen-bond acceptors (Lipinski definition) is 0. The molecule has 2 aromatic carbocycles. The van der Waals surface area contributed by atoms with E-state index in [0.29, 0.717) is 0 Å². The lowest BCUT2D eigenvalue weighted by molar-refractivity contribution is 0.890. The van der Waals surface area contributed by atoms with Crippen molar-refractivity contribution in [1.82, 2.24) is 0 Å². The van der Waals surface area contributed by atoms with Crippen LogP contribution in [0.1, 0.15) is 41.5 Å². The summed E-state index contributed by atoms with van der Waals surface area (Å²) in [5, 5.41) is 0.0591. The first kappa shape index (κ1) is 14.1. The van der Waals surface area contributed by atoms with E-state index in [1.807, 2.05) is 6.07 Å². The summed E-state index contributed by atoms with van der Waals surface area (Å²) in [6.07, 6.45) is 2.99. The van der Waals surface area contributed by atoms with Crippen LogP contribution in [-0.4, -0.2) is 0 Å². The van der Waals surface area contributed by atoms with Crippen LogP contribution in [0.4, 0.5) is 0 Å². The Balaban J connectivity index is 2.24. The molecular weight excluding hydrogens is 252 g/mol. The summed E-state index contributed by atoms with van der Waals surface area (Å²) in [4.78, 5) is 0. The highest BCUT2D eigenvalue weighted by Crippen LogP contribution is 2.29. The van der Waals surface area contributed by atoms with Crippen LogP contribution in [0.3, 0.4) is 0 Å². The first-order valence-electron chi connectivity index (χ1n) is 7.04. The molecule has 0 bridgehead atoms. The summed E-state index contributed by atoms with van der Waals surface area (Å²) in [5.41, 5.74) is 5.33. The van der Waals surface area contributed by atoms with Crippen LogP contribution in [-0.2, 0) is 19.3 Å². The Morgan fingerprint density at radius 2 is 1.63 bits per heavy atom. The molecule has 0 aliphatic carbocycles. The number of alkyl halides is 1. The van der Waals surface area contributed by atoms with Crippen LogP contribution in [0.2, 0.25) is 0 Å². The van der Waals surface area contributed by atoms with E-state index in [1.54, 1.807) is 0 Å². The smallest absolute Gasteiger partial charge is 0.0628 e. The van der Waals surface area contributed by atoms with Crippen molar-refractivity contribution in [1.29, 1.82) is 0 Å². The molecule has 0 fully saturated rings. The van der Waals surface area contributed by atoms with Gasteiger partial charge in [-0.25, -0.2) is 0 Å². The lowest BCUT2D eigenvalue weighted by atomic mass is 9.95. The first-order valence-corrected chi connectivity index (χ1v) is 7.48. The number of hydrogen-bond donors (Lipinski definition) is 0. The van der Waals surface area contributed by atoms with E-state index in [-0.39, 0.29) is 5.38 Å². The van der Waals surface area contributed by atoms with Gasteiger partial charge in [0, 0.05) is 0 Å². The molecule has 0 amide bonds. The first-order chi connectivity index (χ1) is 9.24. The fraction of sp³-hybridized carbons (Fsp3) is 0.333. The number of benzene rings is 2. The molecule has 2 aromatic rings. The highest BCUT2D eigenvalue weighted by atomic mass is 35.5. The summed E-state index contributed by atoms with van der Waals surface area (Å²) >= 11 is 6.65. The third-order valence-electron chi connectivity index (χ3n) is 3.59. The third kappa shape index (κ3) is 3.61. The predicted octanol–water partition coefficient (Wildman–Crippen LogP) is 5.33. The zero-order chi connectivity index (χ0) is 13.7. The molecule has 0 aliphatic rings. The van der Waals surface area contributed by atoms with Crippen molar-refractivity contribution < 1.29 is 0 Å². The van der Waals surface area contributed by atoms with Crippen molar-refractivity contribution in [2.75, 3.05) is 0 Å². The summed E-state index contributed by atoms with van der Waals surface area (Å²) in [5.74, 6) is 0. The second-order valence-electron chi connectivity index (χ2n) is 4.90. The largest absolute Gasteiger partial charge is 0.117 e. The second kappa shape index (κ2) is 6.77. The fourth-order valence-electron chi connectivity index (χ4n) is 2.41. The molecule has 19 heavy (non-hydrogen) atoms. The highest BCUT2D eigenvalue weighted by Gasteiger charge is 2.13. The van der Waals surface area contributed by atoms with Gasteiger partial charge in [-0.3, -0.25) is 0 Å². The van der Waals surface area contributed by atoms with Gasteiger partial charge in [-0.1, -0.05) is 62.4 Å². The molecular formula is C18H21Cl. The zero-order valence-electron chi connectivity index (χ0n) is 11.7. The van der Waals surface area contributed by atoms with Crippen LogP contribution in [0.15, 0.2) is 48.5 Å². The van der Waals surface area contributed by atoms with Crippen molar-refractivity contribution >= 4 is 11.6 Å². The van der Waals surface area contributed by atoms with E-state index in [9.17, 15) is 0 Å². The average Bonchev–Trinajstić information content (AvgIpc) is 2.47. The number of halogens is 1. The standard InChI is InChI=1S/C18H21Cl/c1-3-14-10-11-16(4-2)17(12-14)18(19)13-15-8-6-5-7-9-15/h5-12,18H,3-4,13H2,1-2H3. The van der Waals surface area contributed by atoms with Gasteiger partial charge in [0.25, 0.3) is 0 Å². The van der Waals surface area contributed by atoms with Gasteiger partial charge in [0.2, 0.25) is 0 Å². The average molecular weight is 273 g/mol. The van der Waals surface area contributed by atoms with Crippen LogP contribution in [0, 0.1) is 0 Å². The molecule has 0 aromatic heterocycles. The van der Waals surface area contributed by atoms with E-state index in [1.165, 1.54) is 22.3 Å². The predicted molar refractivity (Wildman–Crippen MR) is 83.9 cm³/mol. The second-order valence-corrected chi connectivity index (χ2v) is 5.42. The molecule has 0 heterocycles. The van der Waals surface area contributed by atoms with E-state index in [0.717, 1.165) is 19.3 Å². The van der Waals surface area contributed by atoms with E-state index in [4.69, 9.17) is 11.6 Å². The molecule has 0 radical (unpaired) electrons. The van der Waals surface area contributed by atoms with Crippen molar-refractivity contribution in [3.8, 4) is 0 Å². The van der Waals surface area contributed by atoms with Gasteiger partial charge in [0.15, 0.2) is 0 Å². The van der Waals surface area contributed by atoms with Gasteiger partial charge in [0.1, 0.15) is 0 Å². The Hall–Kier alpha value is -1.27. The molecule has 0 nitrogen and oxygen atoms in total. The molecule has 0 saturated heterocycles. The summed E-state index contributed by atoms with van der Waals surface area (Å²) < 4.78 is 0. The quantitative estimate of drug-likeness (QED) is 0.645. The minimum atomic E-state index is 0.0591. The van der Waals surface area contributed by atoms with Gasteiger partial charge in [-0.05, 0) is 41.5 Å². The van der Waals surface area contributed by atoms with E-state index < -0.39 is 0 Å². The Labute approximate surface area is 121 Å². The Morgan fingerprint density at radius 3 is 2.26 bits per heavy atom. The molecule has 1 atom stereocenters. The van der Waals surface area contributed by atoms with Crippen LogP contribution in [0.5, 0.6) is 0 Å². The van der Waals surface area contributed by atoms with Crippen LogP contribution < -0.4 is 0 Å². The van der Waals surface area contributed by atoms with E-state index >= 15 is 0 Å². The Bertz CT molecular complexity index is 516.